The lowest BCUT2D eigenvalue weighted by Crippen LogP contribution is -2.01. The zero-order valence-corrected chi connectivity index (χ0v) is 48.1. The highest BCUT2D eigenvalue weighted by atomic mass is 16.3. The minimum Gasteiger partial charge on any atom is -0.456 e. The van der Waals surface area contributed by atoms with Gasteiger partial charge < -0.3 is 13.6 Å². The Labute approximate surface area is 512 Å². The second-order valence-electron chi connectivity index (χ2n) is 23.0. The Morgan fingerprint density at radius 2 is 0.775 bits per heavy atom. The highest BCUT2D eigenvalue weighted by molar-refractivity contribution is 6.22. The van der Waals surface area contributed by atoms with Gasteiger partial charge in [-0.05, 0) is 116 Å². The zero-order chi connectivity index (χ0) is 58.5. The molecule has 0 aliphatic rings. The molecule has 6 heteroatoms. The van der Waals surface area contributed by atoms with E-state index in [-0.39, 0.29) is 0 Å². The number of aromatic nitrogens is 5. The molecule has 0 saturated heterocycles. The fourth-order valence-electron chi connectivity index (χ4n) is 13.8. The average molecular weight is 1130 g/mol. The molecular formula is C83H51N5O. The molecule has 6 nitrogen and oxygen atoms in total. The summed E-state index contributed by atoms with van der Waals surface area (Å²) in [6.07, 6.45) is 0. The quantitative estimate of drug-likeness (QED) is 0.144. The van der Waals surface area contributed by atoms with E-state index in [1.54, 1.807) is 0 Å². The molecule has 4 aromatic heterocycles. The van der Waals surface area contributed by atoms with Crippen LogP contribution in [0.25, 0.3) is 177 Å². The number of rotatable bonds is 9. The van der Waals surface area contributed by atoms with Crippen molar-refractivity contribution in [1.29, 1.82) is 0 Å². The zero-order valence-electron chi connectivity index (χ0n) is 48.1. The molecule has 0 atom stereocenters. The van der Waals surface area contributed by atoms with Gasteiger partial charge >= 0.3 is 0 Å². The van der Waals surface area contributed by atoms with E-state index in [1.165, 1.54) is 43.4 Å². The Bertz CT molecular complexity index is 5840. The largest absolute Gasteiger partial charge is 0.456 e. The second-order valence-corrected chi connectivity index (χ2v) is 23.0. The van der Waals surface area contributed by atoms with Gasteiger partial charge in [-0.2, -0.15) is 0 Å². The first kappa shape index (κ1) is 50.3. The molecule has 0 spiro atoms. The number of para-hydroxylation sites is 2. The predicted octanol–water partition coefficient (Wildman–Crippen LogP) is 21.9. The van der Waals surface area contributed by atoms with Gasteiger partial charge in [-0.1, -0.05) is 243 Å². The van der Waals surface area contributed by atoms with E-state index in [4.69, 9.17) is 19.4 Å². The maximum atomic E-state index is 7.21. The van der Waals surface area contributed by atoms with Crippen LogP contribution in [0.15, 0.2) is 314 Å². The number of fused-ring (bicyclic) bond motifs is 12. The van der Waals surface area contributed by atoms with E-state index in [1.807, 2.05) is 6.07 Å². The van der Waals surface area contributed by atoms with Crippen molar-refractivity contribution in [2.45, 2.75) is 0 Å². The van der Waals surface area contributed by atoms with E-state index in [2.05, 4.69) is 312 Å². The van der Waals surface area contributed by atoms with Crippen LogP contribution in [-0.2, 0) is 0 Å². The lowest BCUT2D eigenvalue weighted by atomic mass is 9.95. The van der Waals surface area contributed by atoms with E-state index in [0.29, 0.717) is 17.5 Å². The van der Waals surface area contributed by atoms with Gasteiger partial charge in [-0.3, -0.25) is 0 Å². The van der Waals surface area contributed by atoms with Crippen LogP contribution in [-0.4, -0.2) is 24.1 Å². The molecule has 0 fully saturated rings. The molecule has 18 rings (SSSR count). The van der Waals surface area contributed by atoms with Crippen LogP contribution in [0.4, 0.5) is 0 Å². The Morgan fingerprint density at radius 1 is 0.247 bits per heavy atom. The van der Waals surface area contributed by atoms with Crippen LogP contribution < -0.4 is 0 Å². The smallest absolute Gasteiger partial charge is 0.164 e. The van der Waals surface area contributed by atoms with Crippen molar-refractivity contribution in [3.8, 4) is 90.0 Å². The van der Waals surface area contributed by atoms with Crippen molar-refractivity contribution in [2.75, 3.05) is 0 Å². The lowest BCUT2D eigenvalue weighted by Gasteiger charge is -2.16. The number of nitrogens with zero attached hydrogens (tertiary/aromatic N) is 5. The summed E-state index contributed by atoms with van der Waals surface area (Å²) < 4.78 is 12.0. The molecule has 0 N–H and O–H groups in total. The Hall–Kier alpha value is -12.0. The molecule has 0 bridgehead atoms. The van der Waals surface area contributed by atoms with Gasteiger partial charge in [0.2, 0.25) is 0 Å². The van der Waals surface area contributed by atoms with Gasteiger partial charge in [0.05, 0.1) is 27.8 Å². The van der Waals surface area contributed by atoms with Gasteiger partial charge in [0.1, 0.15) is 11.2 Å². The predicted molar refractivity (Wildman–Crippen MR) is 369 cm³/mol. The number of hydrogen-bond acceptors (Lipinski definition) is 4. The first-order chi connectivity index (χ1) is 44.1. The maximum absolute atomic E-state index is 7.21. The molecule has 0 amide bonds. The molecular weight excluding hydrogens is 1080 g/mol. The summed E-state index contributed by atoms with van der Waals surface area (Å²) >= 11 is 0. The van der Waals surface area contributed by atoms with Crippen molar-refractivity contribution in [3.05, 3.63) is 309 Å². The summed E-state index contributed by atoms with van der Waals surface area (Å²) in [5.74, 6) is 1.69. The van der Waals surface area contributed by atoms with Crippen LogP contribution in [0.3, 0.4) is 0 Å². The Balaban J connectivity index is 0.896. The first-order valence-corrected chi connectivity index (χ1v) is 30.2. The van der Waals surface area contributed by atoms with Crippen LogP contribution in [0.2, 0.25) is 0 Å². The van der Waals surface area contributed by atoms with Gasteiger partial charge in [0, 0.05) is 71.7 Å². The van der Waals surface area contributed by atoms with Gasteiger partial charge in [-0.15, -0.1) is 0 Å². The third kappa shape index (κ3) is 8.30. The molecule has 0 aliphatic heterocycles. The molecule has 0 radical (unpaired) electrons. The van der Waals surface area contributed by atoms with Crippen molar-refractivity contribution in [1.82, 2.24) is 24.1 Å². The van der Waals surface area contributed by atoms with Crippen LogP contribution in [0, 0.1) is 0 Å². The molecule has 0 saturated carbocycles. The molecule has 18 aromatic rings. The van der Waals surface area contributed by atoms with Crippen LogP contribution in [0.1, 0.15) is 0 Å². The Morgan fingerprint density at radius 3 is 1.49 bits per heavy atom. The van der Waals surface area contributed by atoms with Crippen molar-refractivity contribution in [2.24, 2.45) is 0 Å². The number of benzene rings is 14. The van der Waals surface area contributed by atoms with Crippen molar-refractivity contribution in [3.63, 3.8) is 0 Å². The summed E-state index contributed by atoms with van der Waals surface area (Å²) in [7, 11) is 0. The molecule has 0 aliphatic carbocycles. The average Bonchev–Trinajstić information content (AvgIpc) is 1.61. The molecule has 0 unspecified atom stereocenters. The van der Waals surface area contributed by atoms with E-state index in [0.717, 1.165) is 116 Å². The Kier molecular flexibility index (Phi) is 11.5. The highest BCUT2D eigenvalue weighted by Crippen LogP contribution is 2.46. The monoisotopic (exact) mass is 1130 g/mol. The molecule has 4 heterocycles. The fourth-order valence-corrected chi connectivity index (χ4v) is 13.8. The number of hydrogen-bond donors (Lipinski definition) is 0. The lowest BCUT2D eigenvalue weighted by molar-refractivity contribution is 0.668. The fraction of sp³-hybridized carbons (Fsp3) is 0. The first-order valence-electron chi connectivity index (χ1n) is 30.2. The maximum Gasteiger partial charge on any atom is 0.164 e. The summed E-state index contributed by atoms with van der Waals surface area (Å²) in [5.41, 5.74) is 19.6. The minimum absolute atomic E-state index is 0.542. The van der Waals surface area contributed by atoms with E-state index >= 15 is 0 Å². The van der Waals surface area contributed by atoms with E-state index in [9.17, 15) is 0 Å². The summed E-state index contributed by atoms with van der Waals surface area (Å²) in [6, 6.07) is 111. The highest BCUT2D eigenvalue weighted by Gasteiger charge is 2.25. The second kappa shape index (κ2) is 20.3. The van der Waals surface area contributed by atoms with Crippen LogP contribution in [0.5, 0.6) is 0 Å². The molecule has 414 valence electrons. The SMILES string of the molecule is c1ccc(-c2cccc(-c3ccc(-c4cc5c(cc4-n4c6cc7ccccc7cc6c6ccc7ccccc7c64)oc4cccc(-c6nc(-c7cccc(-c8ccccc8)c7)nc(-c7cccc8c7c7ccccc7n8-c7ccccc7)n6)c45)cc3)c2)cc1. The van der Waals surface area contributed by atoms with Crippen molar-refractivity contribution >= 4 is 87.1 Å². The van der Waals surface area contributed by atoms with Gasteiger partial charge in [0.25, 0.3) is 0 Å². The van der Waals surface area contributed by atoms with Crippen molar-refractivity contribution < 1.29 is 4.42 Å². The number of furan rings is 1. The standard InChI is InChI=1S/C83H51N5O/c1-4-20-52(21-5-1)57-27-16-28-58(46-57)54-40-42-56(43-41-54)69-50-71-77(51-75(69)88-74-49-61-26-11-10-25-60(61)48-70(74)65-45-44-55-24-12-13-33-64(55)80(65)88)89-76-39-19-36-68(79(71)76)83-85-81(62-30-17-29-59(47-62)53-22-6-2-7-23-53)84-82(86-83)67-35-18-38-73-78(67)66-34-14-15-37-72(66)87(73)63-31-8-3-9-32-63/h1-51H. The van der Waals surface area contributed by atoms with Gasteiger partial charge in [-0.25, -0.2) is 15.0 Å². The summed E-state index contributed by atoms with van der Waals surface area (Å²) in [4.78, 5) is 16.6. The third-order valence-electron chi connectivity index (χ3n) is 17.9. The summed E-state index contributed by atoms with van der Waals surface area (Å²) in [5, 5.41) is 11.1. The molecule has 14 aromatic carbocycles. The third-order valence-corrected chi connectivity index (χ3v) is 17.9. The molecule has 89 heavy (non-hydrogen) atoms. The normalized spacial score (nSPS) is 11.8. The minimum atomic E-state index is 0.542. The topological polar surface area (TPSA) is 61.7 Å². The van der Waals surface area contributed by atoms with E-state index < -0.39 is 0 Å². The summed E-state index contributed by atoms with van der Waals surface area (Å²) in [6.45, 7) is 0. The van der Waals surface area contributed by atoms with Gasteiger partial charge in [0.15, 0.2) is 17.5 Å². The van der Waals surface area contributed by atoms with Crippen LogP contribution >= 0.6 is 0 Å².